The molecule has 7 heteroatoms. The van der Waals surface area contributed by atoms with Gasteiger partial charge in [0, 0.05) is 22.9 Å². The maximum atomic E-state index is 12.8. The number of halogens is 1. The van der Waals surface area contributed by atoms with Crippen molar-refractivity contribution in [3.63, 3.8) is 0 Å². The lowest BCUT2D eigenvalue weighted by Crippen LogP contribution is -2.29. The molecule has 2 atom stereocenters. The van der Waals surface area contributed by atoms with Gasteiger partial charge in [0.05, 0.1) is 12.9 Å². The van der Waals surface area contributed by atoms with E-state index in [1.807, 2.05) is 13.8 Å². The predicted octanol–water partition coefficient (Wildman–Crippen LogP) is 1.46. The van der Waals surface area contributed by atoms with Gasteiger partial charge < -0.3 is 15.6 Å². The Hall–Kier alpha value is -1.99. The van der Waals surface area contributed by atoms with E-state index < -0.39 is 24.6 Å². The van der Waals surface area contributed by atoms with Crippen molar-refractivity contribution in [2.75, 3.05) is 12.3 Å². The summed E-state index contributed by atoms with van der Waals surface area (Å²) in [5.74, 6) is 0.129. The number of aromatic nitrogens is 2. The molecule has 6 nitrogen and oxygen atoms in total. The lowest BCUT2D eigenvalue weighted by Gasteiger charge is -2.15. The van der Waals surface area contributed by atoms with Gasteiger partial charge >= 0.3 is 5.69 Å². The molecule has 0 saturated carbocycles. The minimum atomic E-state index is -0.890. The zero-order valence-electron chi connectivity index (χ0n) is 12.3. The van der Waals surface area contributed by atoms with E-state index in [0.717, 1.165) is 0 Å². The Kier molecular flexibility index (Phi) is 5.80. The average molecular weight is 297 g/mol. The van der Waals surface area contributed by atoms with Gasteiger partial charge in [-0.15, -0.1) is 0 Å². The van der Waals surface area contributed by atoms with E-state index in [2.05, 4.69) is 11.6 Å². The molecule has 0 bridgehead atoms. The predicted molar refractivity (Wildman–Crippen MR) is 78.3 cm³/mol. The topological polar surface area (TPSA) is 90.4 Å². The molecule has 0 amide bonds. The third-order valence-electron chi connectivity index (χ3n) is 3.02. The fourth-order valence-corrected chi connectivity index (χ4v) is 1.92. The summed E-state index contributed by atoms with van der Waals surface area (Å²) in [4.78, 5) is 15.4. The fraction of sp³-hybridized carbons (Fsp3) is 0.429. The summed E-state index contributed by atoms with van der Waals surface area (Å²) in [7, 11) is 0. The first-order chi connectivity index (χ1) is 9.99. The Morgan fingerprint density at radius 3 is 2.71 bits per heavy atom. The molecule has 2 unspecified atom stereocenters. The van der Waals surface area contributed by atoms with Crippen molar-refractivity contribution in [3.8, 4) is 0 Å². The molecule has 1 saturated heterocycles. The van der Waals surface area contributed by atoms with E-state index in [4.69, 9.17) is 15.6 Å². The van der Waals surface area contributed by atoms with Gasteiger partial charge in [-0.3, -0.25) is 4.57 Å². The number of hydrogen-bond acceptors (Lipinski definition) is 5. The summed E-state index contributed by atoms with van der Waals surface area (Å²) in [5, 5.41) is 9.12. The van der Waals surface area contributed by atoms with Crippen LogP contribution in [0.15, 0.2) is 35.0 Å². The SMILES string of the molecule is C=C1/C(=C\F)C(CO)OC1n1cc(C)c(N)nc1=O.CC. The van der Waals surface area contributed by atoms with Crippen molar-refractivity contribution < 1.29 is 14.2 Å². The Morgan fingerprint density at radius 2 is 2.24 bits per heavy atom. The van der Waals surface area contributed by atoms with Crippen LogP contribution in [0.5, 0.6) is 0 Å². The van der Waals surface area contributed by atoms with Gasteiger partial charge in [0.15, 0.2) is 6.23 Å². The second kappa shape index (κ2) is 7.14. The molecule has 0 aliphatic carbocycles. The van der Waals surface area contributed by atoms with Crippen molar-refractivity contribution in [1.29, 1.82) is 0 Å². The number of rotatable bonds is 2. The second-order valence-corrected chi connectivity index (χ2v) is 4.25. The van der Waals surface area contributed by atoms with Crippen LogP contribution < -0.4 is 11.4 Å². The first-order valence-corrected chi connectivity index (χ1v) is 6.60. The normalized spacial score (nSPS) is 23.1. The Labute approximate surface area is 122 Å². The molecule has 1 fully saturated rings. The molecule has 21 heavy (non-hydrogen) atoms. The molecule has 3 N–H and O–H groups in total. The summed E-state index contributed by atoms with van der Waals surface area (Å²) in [6, 6.07) is 0. The lowest BCUT2D eigenvalue weighted by atomic mass is 10.1. The number of anilines is 1. The highest BCUT2D eigenvalue weighted by atomic mass is 19.1. The van der Waals surface area contributed by atoms with E-state index in [1.54, 1.807) is 6.92 Å². The largest absolute Gasteiger partial charge is 0.393 e. The number of ether oxygens (including phenoxy) is 1. The Morgan fingerprint density at radius 1 is 1.62 bits per heavy atom. The van der Waals surface area contributed by atoms with Crippen molar-refractivity contribution in [2.24, 2.45) is 0 Å². The van der Waals surface area contributed by atoms with Crippen LogP contribution in [-0.2, 0) is 4.74 Å². The van der Waals surface area contributed by atoms with E-state index in [0.29, 0.717) is 11.9 Å². The monoisotopic (exact) mass is 297 g/mol. The second-order valence-electron chi connectivity index (χ2n) is 4.25. The lowest BCUT2D eigenvalue weighted by molar-refractivity contribution is -0.00825. The summed E-state index contributed by atoms with van der Waals surface area (Å²) in [6.45, 7) is 8.98. The van der Waals surface area contributed by atoms with E-state index >= 15 is 0 Å². The first-order valence-electron chi connectivity index (χ1n) is 6.60. The minimum absolute atomic E-state index is 0.129. The highest BCUT2D eigenvalue weighted by molar-refractivity contribution is 5.39. The maximum absolute atomic E-state index is 12.8. The van der Waals surface area contributed by atoms with Crippen LogP contribution >= 0.6 is 0 Å². The number of aryl methyl sites for hydroxylation is 1. The zero-order valence-corrected chi connectivity index (χ0v) is 12.3. The number of aliphatic hydroxyl groups excluding tert-OH is 1. The summed E-state index contributed by atoms with van der Waals surface area (Å²) in [6.07, 6.45) is 0.0628. The molecule has 0 radical (unpaired) electrons. The van der Waals surface area contributed by atoms with Gasteiger partial charge in [0.1, 0.15) is 11.9 Å². The molecule has 2 heterocycles. The van der Waals surface area contributed by atoms with Crippen LogP contribution in [0, 0.1) is 6.92 Å². The van der Waals surface area contributed by atoms with Crippen LogP contribution in [-0.4, -0.2) is 27.4 Å². The third-order valence-corrected chi connectivity index (χ3v) is 3.02. The molecule has 1 aliphatic heterocycles. The molecule has 116 valence electrons. The van der Waals surface area contributed by atoms with Gasteiger partial charge in [0.2, 0.25) is 0 Å². The number of aliphatic hydroxyl groups is 1. The van der Waals surface area contributed by atoms with Crippen LogP contribution in [0.25, 0.3) is 0 Å². The molecular weight excluding hydrogens is 277 g/mol. The van der Waals surface area contributed by atoms with Gasteiger partial charge in [-0.1, -0.05) is 20.4 Å². The van der Waals surface area contributed by atoms with E-state index in [-0.39, 0.29) is 17.0 Å². The highest BCUT2D eigenvalue weighted by Crippen LogP contribution is 2.36. The van der Waals surface area contributed by atoms with Gasteiger partial charge in [0.25, 0.3) is 0 Å². The van der Waals surface area contributed by atoms with Crippen molar-refractivity contribution in [3.05, 3.63) is 46.3 Å². The molecule has 1 aromatic rings. The summed E-state index contributed by atoms with van der Waals surface area (Å²) in [5.41, 5.74) is 5.91. The standard InChI is InChI=1S/C12H14FN3O3.C2H6/c1-6-4-16(12(18)15-10(6)14)11-7(2)8(3-13)9(5-17)19-11;1-2/h3-4,9,11,17H,2,5H2,1H3,(H2,14,15,18);1-2H3/b8-3+;. The van der Waals surface area contributed by atoms with Crippen molar-refractivity contribution in [2.45, 2.75) is 33.1 Å². The molecule has 1 aromatic heterocycles. The molecule has 2 rings (SSSR count). The van der Waals surface area contributed by atoms with Crippen LogP contribution in [0.4, 0.5) is 10.2 Å². The highest BCUT2D eigenvalue weighted by Gasteiger charge is 2.35. The molecule has 1 aliphatic rings. The van der Waals surface area contributed by atoms with Crippen LogP contribution in [0.3, 0.4) is 0 Å². The Bertz CT molecular complexity index is 610. The average Bonchev–Trinajstić information content (AvgIpc) is 2.81. The third kappa shape index (κ3) is 3.20. The molecular formula is C14H20FN3O3. The minimum Gasteiger partial charge on any atom is -0.393 e. The van der Waals surface area contributed by atoms with Crippen molar-refractivity contribution in [1.82, 2.24) is 9.55 Å². The maximum Gasteiger partial charge on any atom is 0.351 e. The van der Waals surface area contributed by atoms with Gasteiger partial charge in [-0.25, -0.2) is 9.18 Å². The van der Waals surface area contributed by atoms with E-state index in [1.165, 1.54) is 10.8 Å². The summed E-state index contributed by atoms with van der Waals surface area (Å²) < 4.78 is 19.4. The van der Waals surface area contributed by atoms with Crippen LogP contribution in [0.1, 0.15) is 25.6 Å². The number of hydrogen-bond donors (Lipinski definition) is 2. The molecule has 0 spiro atoms. The number of nitrogen functional groups attached to an aromatic ring is 1. The first kappa shape index (κ1) is 17.1. The van der Waals surface area contributed by atoms with Crippen molar-refractivity contribution >= 4 is 5.82 Å². The molecule has 0 aromatic carbocycles. The number of nitrogens with two attached hydrogens (primary N) is 1. The van der Waals surface area contributed by atoms with E-state index in [9.17, 15) is 9.18 Å². The summed E-state index contributed by atoms with van der Waals surface area (Å²) >= 11 is 0. The smallest absolute Gasteiger partial charge is 0.351 e. The quantitative estimate of drug-likeness (QED) is 0.862. The Balaban J connectivity index is 0.00000106. The fourth-order valence-electron chi connectivity index (χ4n) is 1.92. The van der Waals surface area contributed by atoms with Gasteiger partial charge in [-0.05, 0) is 6.92 Å². The zero-order chi connectivity index (χ0) is 16.2. The van der Waals surface area contributed by atoms with Crippen LogP contribution in [0.2, 0.25) is 0 Å². The van der Waals surface area contributed by atoms with Gasteiger partial charge in [-0.2, -0.15) is 4.98 Å². The number of nitrogens with zero attached hydrogens (tertiary/aromatic N) is 2.